The summed E-state index contributed by atoms with van der Waals surface area (Å²) in [5.41, 5.74) is 0. The minimum absolute atomic E-state index is 0.167. The van der Waals surface area contributed by atoms with Gasteiger partial charge in [0, 0.05) is 24.1 Å². The molecular weight excluding hydrogens is 262 g/mol. The summed E-state index contributed by atoms with van der Waals surface area (Å²) < 4.78 is 5.46. The Morgan fingerprint density at radius 3 is 2.79 bits per heavy atom. The average molecular weight is 287 g/mol. The van der Waals surface area contributed by atoms with Crippen molar-refractivity contribution in [1.29, 1.82) is 0 Å². The van der Waals surface area contributed by atoms with E-state index in [1.807, 2.05) is 17.5 Å². The van der Waals surface area contributed by atoms with Gasteiger partial charge in [-0.1, -0.05) is 19.9 Å². The molecule has 0 aliphatic rings. The lowest BCUT2D eigenvalue weighted by Crippen LogP contribution is -2.40. The zero-order chi connectivity index (χ0) is 14.1. The van der Waals surface area contributed by atoms with E-state index in [0.29, 0.717) is 32.1 Å². The van der Waals surface area contributed by atoms with Crippen molar-refractivity contribution in [3.05, 3.63) is 22.4 Å². The van der Waals surface area contributed by atoms with Crippen LogP contribution >= 0.6 is 11.3 Å². The molecule has 0 aliphatic carbocycles. The second-order valence-electron chi connectivity index (χ2n) is 5.02. The first kappa shape index (κ1) is 16.6. The predicted octanol–water partition coefficient (Wildman–Crippen LogP) is 1.62. The van der Waals surface area contributed by atoms with Gasteiger partial charge in [-0.25, -0.2) is 0 Å². The van der Waals surface area contributed by atoms with E-state index in [9.17, 15) is 5.11 Å². The van der Waals surface area contributed by atoms with Crippen LogP contribution in [0.1, 0.15) is 25.1 Å². The molecule has 3 N–H and O–H groups in total. The standard InChI is InChI=1S/C14H25NO3S/c1-11(2)14(5-6-16)15-8-12(17)9-18-10-13-4-3-7-19-13/h3-4,7,11-12,14-17H,5-6,8-10H2,1-2H3. The fourth-order valence-electron chi connectivity index (χ4n) is 1.85. The number of ether oxygens (including phenoxy) is 1. The summed E-state index contributed by atoms with van der Waals surface area (Å²) in [5.74, 6) is 0.436. The molecule has 2 unspecified atom stereocenters. The van der Waals surface area contributed by atoms with Crippen molar-refractivity contribution in [2.45, 2.75) is 39.0 Å². The molecule has 0 saturated heterocycles. The summed E-state index contributed by atoms with van der Waals surface area (Å²) >= 11 is 1.65. The van der Waals surface area contributed by atoms with Crippen LogP contribution in [0.25, 0.3) is 0 Å². The Morgan fingerprint density at radius 1 is 1.42 bits per heavy atom. The summed E-state index contributed by atoms with van der Waals surface area (Å²) in [6, 6.07) is 4.24. The molecule has 0 saturated carbocycles. The molecule has 19 heavy (non-hydrogen) atoms. The maximum Gasteiger partial charge on any atom is 0.0897 e. The van der Waals surface area contributed by atoms with Crippen LogP contribution < -0.4 is 5.32 Å². The molecule has 0 bridgehead atoms. The minimum Gasteiger partial charge on any atom is -0.396 e. The molecule has 0 amide bonds. The lowest BCUT2D eigenvalue weighted by Gasteiger charge is -2.23. The molecule has 0 fully saturated rings. The maximum absolute atomic E-state index is 9.83. The van der Waals surface area contributed by atoms with Gasteiger partial charge in [0.05, 0.1) is 19.3 Å². The van der Waals surface area contributed by atoms with Crippen LogP contribution in [0, 0.1) is 5.92 Å². The zero-order valence-corrected chi connectivity index (χ0v) is 12.5. The Balaban J connectivity index is 2.14. The van der Waals surface area contributed by atoms with Crippen molar-refractivity contribution in [2.24, 2.45) is 5.92 Å². The number of hydrogen-bond acceptors (Lipinski definition) is 5. The van der Waals surface area contributed by atoms with Crippen molar-refractivity contribution in [1.82, 2.24) is 5.32 Å². The smallest absolute Gasteiger partial charge is 0.0897 e. The molecule has 1 heterocycles. The van der Waals surface area contributed by atoms with Crippen molar-refractivity contribution in [3.8, 4) is 0 Å². The summed E-state index contributed by atoms with van der Waals surface area (Å²) in [4.78, 5) is 1.17. The Kier molecular flexibility index (Phi) is 8.25. The number of rotatable bonds is 10. The maximum atomic E-state index is 9.83. The van der Waals surface area contributed by atoms with Gasteiger partial charge in [-0.05, 0) is 23.8 Å². The van der Waals surface area contributed by atoms with Crippen LogP contribution in [0.5, 0.6) is 0 Å². The van der Waals surface area contributed by atoms with Gasteiger partial charge in [0.2, 0.25) is 0 Å². The van der Waals surface area contributed by atoms with Crippen LogP contribution in [0.15, 0.2) is 17.5 Å². The van der Waals surface area contributed by atoms with Gasteiger partial charge in [0.1, 0.15) is 0 Å². The van der Waals surface area contributed by atoms with Crippen molar-refractivity contribution in [2.75, 3.05) is 19.8 Å². The van der Waals surface area contributed by atoms with Crippen molar-refractivity contribution in [3.63, 3.8) is 0 Å². The van der Waals surface area contributed by atoms with E-state index >= 15 is 0 Å². The lowest BCUT2D eigenvalue weighted by atomic mass is 10.0. The van der Waals surface area contributed by atoms with Gasteiger partial charge in [0.15, 0.2) is 0 Å². The highest BCUT2D eigenvalue weighted by Crippen LogP contribution is 2.10. The predicted molar refractivity (Wildman–Crippen MR) is 78.3 cm³/mol. The van der Waals surface area contributed by atoms with Gasteiger partial charge >= 0.3 is 0 Å². The van der Waals surface area contributed by atoms with E-state index < -0.39 is 6.10 Å². The van der Waals surface area contributed by atoms with E-state index in [0.717, 1.165) is 0 Å². The third-order valence-corrected chi connectivity index (χ3v) is 3.85. The highest BCUT2D eigenvalue weighted by atomic mass is 32.1. The largest absolute Gasteiger partial charge is 0.396 e. The van der Waals surface area contributed by atoms with Gasteiger partial charge < -0.3 is 20.3 Å². The molecule has 2 atom stereocenters. The summed E-state index contributed by atoms with van der Waals surface area (Å²) in [6.45, 7) is 5.75. The van der Waals surface area contributed by atoms with Gasteiger partial charge in [-0.2, -0.15) is 0 Å². The molecule has 5 heteroatoms. The Morgan fingerprint density at radius 2 is 2.21 bits per heavy atom. The van der Waals surface area contributed by atoms with Crippen molar-refractivity contribution < 1.29 is 14.9 Å². The second-order valence-corrected chi connectivity index (χ2v) is 6.05. The molecule has 1 rings (SSSR count). The quantitative estimate of drug-likeness (QED) is 0.612. The van der Waals surface area contributed by atoms with Crippen LogP contribution in [-0.2, 0) is 11.3 Å². The average Bonchev–Trinajstić information content (AvgIpc) is 2.87. The minimum atomic E-state index is -0.514. The Bertz CT molecular complexity index is 317. The van der Waals surface area contributed by atoms with Gasteiger partial charge in [-0.3, -0.25) is 0 Å². The fourth-order valence-corrected chi connectivity index (χ4v) is 2.49. The summed E-state index contributed by atoms with van der Waals surface area (Å²) in [7, 11) is 0. The zero-order valence-electron chi connectivity index (χ0n) is 11.7. The SMILES string of the molecule is CC(C)C(CCO)NCC(O)COCc1cccs1. The molecular formula is C14H25NO3S. The van der Waals surface area contributed by atoms with E-state index in [2.05, 4.69) is 19.2 Å². The highest BCUT2D eigenvalue weighted by molar-refractivity contribution is 7.09. The number of nitrogens with one attached hydrogen (secondary N) is 1. The van der Waals surface area contributed by atoms with E-state index in [1.165, 1.54) is 4.88 Å². The lowest BCUT2D eigenvalue weighted by molar-refractivity contribution is 0.0273. The summed E-state index contributed by atoms with van der Waals surface area (Å²) in [5, 5.41) is 24.1. The van der Waals surface area contributed by atoms with Gasteiger partial charge in [0.25, 0.3) is 0 Å². The highest BCUT2D eigenvalue weighted by Gasteiger charge is 2.14. The topological polar surface area (TPSA) is 61.7 Å². The monoisotopic (exact) mass is 287 g/mol. The molecule has 0 spiro atoms. The molecule has 1 aromatic heterocycles. The Hall–Kier alpha value is -0.460. The third-order valence-electron chi connectivity index (χ3n) is 3.00. The van der Waals surface area contributed by atoms with Crippen LogP contribution in [0.3, 0.4) is 0 Å². The van der Waals surface area contributed by atoms with Crippen LogP contribution in [0.4, 0.5) is 0 Å². The molecule has 0 aromatic carbocycles. The van der Waals surface area contributed by atoms with Gasteiger partial charge in [-0.15, -0.1) is 11.3 Å². The molecule has 1 aromatic rings. The number of aliphatic hydroxyl groups is 2. The first-order valence-electron chi connectivity index (χ1n) is 6.76. The van der Waals surface area contributed by atoms with Crippen LogP contribution in [-0.4, -0.2) is 42.1 Å². The van der Waals surface area contributed by atoms with Crippen LogP contribution in [0.2, 0.25) is 0 Å². The number of aliphatic hydroxyl groups excluding tert-OH is 2. The third kappa shape index (κ3) is 7.03. The normalized spacial score (nSPS) is 14.8. The van der Waals surface area contributed by atoms with E-state index in [-0.39, 0.29) is 12.6 Å². The molecule has 0 aliphatic heterocycles. The van der Waals surface area contributed by atoms with E-state index in [1.54, 1.807) is 11.3 Å². The molecule has 4 nitrogen and oxygen atoms in total. The van der Waals surface area contributed by atoms with Crippen molar-refractivity contribution >= 4 is 11.3 Å². The fraction of sp³-hybridized carbons (Fsp3) is 0.714. The number of thiophene rings is 1. The molecule has 0 radical (unpaired) electrons. The summed E-state index contributed by atoms with van der Waals surface area (Å²) in [6.07, 6.45) is 0.195. The Labute approximate surface area is 119 Å². The first-order chi connectivity index (χ1) is 9.13. The molecule has 110 valence electrons. The number of hydrogen-bond donors (Lipinski definition) is 3. The first-order valence-corrected chi connectivity index (χ1v) is 7.64. The van der Waals surface area contributed by atoms with E-state index in [4.69, 9.17) is 9.84 Å². The second kappa shape index (κ2) is 9.44.